The highest BCUT2D eigenvalue weighted by molar-refractivity contribution is 8.00. The van der Waals surface area contributed by atoms with Crippen molar-refractivity contribution in [3.63, 3.8) is 0 Å². The number of thioether (sulfide) groups is 1. The first-order valence-corrected chi connectivity index (χ1v) is 10.8. The molecule has 3 aromatic rings. The van der Waals surface area contributed by atoms with Gasteiger partial charge in [-0.2, -0.15) is 0 Å². The fraction of sp³-hybridized carbons (Fsp3) is 0.318. The van der Waals surface area contributed by atoms with Crippen LogP contribution in [0.2, 0.25) is 0 Å². The van der Waals surface area contributed by atoms with Gasteiger partial charge in [0, 0.05) is 31.4 Å². The van der Waals surface area contributed by atoms with E-state index in [4.69, 9.17) is 0 Å². The molecule has 29 heavy (non-hydrogen) atoms. The van der Waals surface area contributed by atoms with Gasteiger partial charge in [0.25, 0.3) is 0 Å². The number of amides is 1. The minimum atomic E-state index is -0.246. The SMILES string of the molecule is CC(Sc1nncn1-c1ccccc1)C(=O)NC1CCN(Cc2ccccc2)C1. The lowest BCUT2D eigenvalue weighted by Gasteiger charge is -2.18. The van der Waals surface area contributed by atoms with Crippen molar-refractivity contribution in [3.05, 3.63) is 72.6 Å². The molecule has 1 aliphatic heterocycles. The predicted molar refractivity (Wildman–Crippen MR) is 115 cm³/mol. The molecule has 2 heterocycles. The Kier molecular flexibility index (Phi) is 6.27. The van der Waals surface area contributed by atoms with Crippen LogP contribution in [0.15, 0.2) is 72.1 Å². The summed E-state index contributed by atoms with van der Waals surface area (Å²) in [5.41, 5.74) is 2.30. The Morgan fingerprint density at radius 2 is 1.90 bits per heavy atom. The molecule has 1 saturated heterocycles. The van der Waals surface area contributed by atoms with E-state index in [1.165, 1.54) is 17.3 Å². The van der Waals surface area contributed by atoms with Gasteiger partial charge in [-0.05, 0) is 31.0 Å². The zero-order chi connectivity index (χ0) is 20.1. The molecule has 2 unspecified atom stereocenters. The molecule has 1 N–H and O–H groups in total. The van der Waals surface area contributed by atoms with Gasteiger partial charge in [-0.3, -0.25) is 14.3 Å². The van der Waals surface area contributed by atoms with Crippen LogP contribution in [0, 0.1) is 0 Å². The molecular formula is C22H25N5OS. The molecule has 1 aromatic heterocycles. The lowest BCUT2D eigenvalue weighted by molar-refractivity contribution is -0.120. The highest BCUT2D eigenvalue weighted by atomic mass is 32.2. The van der Waals surface area contributed by atoms with Crippen molar-refractivity contribution in [3.8, 4) is 5.69 Å². The maximum atomic E-state index is 12.7. The van der Waals surface area contributed by atoms with E-state index in [0.29, 0.717) is 0 Å². The summed E-state index contributed by atoms with van der Waals surface area (Å²) >= 11 is 1.43. The maximum absolute atomic E-state index is 12.7. The molecule has 0 saturated carbocycles. The molecule has 6 nitrogen and oxygen atoms in total. The van der Waals surface area contributed by atoms with Crippen LogP contribution in [0.25, 0.3) is 5.69 Å². The molecule has 2 aromatic carbocycles. The number of nitrogens with zero attached hydrogens (tertiary/aromatic N) is 4. The van der Waals surface area contributed by atoms with Crippen LogP contribution in [0.3, 0.4) is 0 Å². The van der Waals surface area contributed by atoms with Gasteiger partial charge in [0.15, 0.2) is 5.16 Å². The Morgan fingerprint density at radius 3 is 2.66 bits per heavy atom. The van der Waals surface area contributed by atoms with Crippen molar-refractivity contribution in [2.24, 2.45) is 0 Å². The summed E-state index contributed by atoms with van der Waals surface area (Å²) in [5, 5.41) is 11.9. The van der Waals surface area contributed by atoms with Gasteiger partial charge in [0.05, 0.1) is 5.25 Å². The molecule has 0 radical (unpaired) electrons. The standard InChI is InChI=1S/C22H25N5OS/c1-17(29-22-25-23-16-27(22)20-10-6-3-7-11-20)21(28)24-19-12-13-26(15-19)14-18-8-4-2-5-9-18/h2-11,16-17,19H,12-15H2,1H3,(H,24,28). The molecule has 0 bridgehead atoms. The second kappa shape index (κ2) is 9.24. The van der Waals surface area contributed by atoms with E-state index in [9.17, 15) is 4.79 Å². The molecule has 4 rings (SSSR count). The highest BCUT2D eigenvalue weighted by Crippen LogP contribution is 2.24. The van der Waals surface area contributed by atoms with Crippen LogP contribution >= 0.6 is 11.8 Å². The quantitative estimate of drug-likeness (QED) is 0.610. The Hall–Kier alpha value is -2.64. The normalized spacial score (nSPS) is 17.9. The third-order valence-corrected chi connectivity index (χ3v) is 6.13. The van der Waals surface area contributed by atoms with Crippen LogP contribution in [0.1, 0.15) is 18.9 Å². The summed E-state index contributed by atoms with van der Waals surface area (Å²) in [5.74, 6) is 0.0455. The van der Waals surface area contributed by atoms with E-state index >= 15 is 0 Å². The van der Waals surface area contributed by atoms with Crippen molar-refractivity contribution in [1.82, 2.24) is 25.0 Å². The van der Waals surface area contributed by atoms with Gasteiger partial charge < -0.3 is 5.32 Å². The molecule has 7 heteroatoms. The van der Waals surface area contributed by atoms with Crippen LogP contribution < -0.4 is 5.32 Å². The Labute approximate surface area is 175 Å². The van der Waals surface area contributed by atoms with Gasteiger partial charge in [-0.1, -0.05) is 60.3 Å². The van der Waals surface area contributed by atoms with Crippen molar-refractivity contribution in [2.75, 3.05) is 13.1 Å². The molecular weight excluding hydrogens is 382 g/mol. The third-order valence-electron chi connectivity index (χ3n) is 5.07. The average molecular weight is 408 g/mol. The number of aromatic nitrogens is 3. The Balaban J connectivity index is 1.30. The smallest absolute Gasteiger partial charge is 0.233 e. The number of benzene rings is 2. The number of para-hydroxylation sites is 1. The Morgan fingerprint density at radius 1 is 1.17 bits per heavy atom. The number of likely N-dealkylation sites (tertiary alicyclic amines) is 1. The summed E-state index contributed by atoms with van der Waals surface area (Å²) < 4.78 is 1.91. The zero-order valence-electron chi connectivity index (χ0n) is 16.4. The summed E-state index contributed by atoms with van der Waals surface area (Å²) in [7, 11) is 0. The van der Waals surface area contributed by atoms with E-state index < -0.39 is 0 Å². The summed E-state index contributed by atoms with van der Waals surface area (Å²) in [6, 6.07) is 20.6. The lowest BCUT2D eigenvalue weighted by atomic mass is 10.2. The number of rotatable bonds is 7. The fourth-order valence-corrected chi connectivity index (χ4v) is 4.39. The maximum Gasteiger partial charge on any atom is 0.233 e. The van der Waals surface area contributed by atoms with Crippen molar-refractivity contribution in [2.45, 2.75) is 36.3 Å². The molecule has 1 aliphatic rings. The van der Waals surface area contributed by atoms with Crippen molar-refractivity contribution in [1.29, 1.82) is 0 Å². The van der Waals surface area contributed by atoms with Crippen molar-refractivity contribution < 1.29 is 4.79 Å². The summed E-state index contributed by atoms with van der Waals surface area (Å²) in [6.45, 7) is 4.74. The number of hydrogen-bond acceptors (Lipinski definition) is 5. The van der Waals surface area contributed by atoms with E-state index in [1.54, 1.807) is 6.33 Å². The van der Waals surface area contributed by atoms with Gasteiger partial charge >= 0.3 is 0 Å². The minimum absolute atomic E-state index is 0.0455. The fourth-order valence-electron chi connectivity index (χ4n) is 3.54. The van der Waals surface area contributed by atoms with Gasteiger partial charge in [0.2, 0.25) is 5.91 Å². The topological polar surface area (TPSA) is 63.1 Å². The second-order valence-electron chi connectivity index (χ2n) is 7.29. The predicted octanol–water partition coefficient (Wildman–Crippen LogP) is 3.14. The van der Waals surface area contributed by atoms with E-state index in [-0.39, 0.29) is 17.2 Å². The van der Waals surface area contributed by atoms with E-state index in [2.05, 4.69) is 44.7 Å². The van der Waals surface area contributed by atoms with Crippen LogP contribution in [0.5, 0.6) is 0 Å². The number of carbonyl (C=O) groups excluding carboxylic acids is 1. The molecule has 1 amide bonds. The highest BCUT2D eigenvalue weighted by Gasteiger charge is 2.26. The van der Waals surface area contributed by atoms with Gasteiger partial charge in [-0.15, -0.1) is 10.2 Å². The summed E-state index contributed by atoms with van der Waals surface area (Å²) in [4.78, 5) is 15.1. The van der Waals surface area contributed by atoms with Gasteiger partial charge in [0.1, 0.15) is 6.33 Å². The second-order valence-corrected chi connectivity index (χ2v) is 8.60. The monoisotopic (exact) mass is 407 g/mol. The van der Waals surface area contributed by atoms with E-state index in [1.807, 2.05) is 47.9 Å². The summed E-state index contributed by atoms with van der Waals surface area (Å²) in [6.07, 6.45) is 2.66. The molecule has 1 fully saturated rings. The lowest BCUT2D eigenvalue weighted by Crippen LogP contribution is -2.40. The Bertz CT molecular complexity index is 931. The van der Waals surface area contributed by atoms with Gasteiger partial charge in [-0.25, -0.2) is 0 Å². The zero-order valence-corrected chi connectivity index (χ0v) is 17.3. The van der Waals surface area contributed by atoms with Crippen LogP contribution in [-0.4, -0.2) is 50.0 Å². The van der Waals surface area contributed by atoms with Crippen LogP contribution in [0.4, 0.5) is 0 Å². The number of carbonyl (C=O) groups is 1. The average Bonchev–Trinajstić information content (AvgIpc) is 3.39. The molecule has 0 aliphatic carbocycles. The van der Waals surface area contributed by atoms with E-state index in [0.717, 1.165) is 36.9 Å². The number of hydrogen-bond donors (Lipinski definition) is 1. The minimum Gasteiger partial charge on any atom is -0.351 e. The largest absolute Gasteiger partial charge is 0.351 e. The molecule has 2 atom stereocenters. The van der Waals surface area contributed by atoms with Crippen LogP contribution in [-0.2, 0) is 11.3 Å². The molecule has 0 spiro atoms. The third kappa shape index (κ3) is 5.05. The first-order chi connectivity index (χ1) is 14.2. The first-order valence-electron chi connectivity index (χ1n) is 9.88. The molecule has 150 valence electrons. The first kappa shape index (κ1) is 19.7. The number of nitrogens with one attached hydrogen (secondary N) is 1. The van der Waals surface area contributed by atoms with Crippen molar-refractivity contribution >= 4 is 17.7 Å².